The first-order valence-electron chi connectivity index (χ1n) is 12.8. The SMILES string of the molecule is CC(OCc1ccccc1)C(NC(=O)OCC1c2ccccc2-c2ccccc21)C(=O)NC(CC(F)F)C(=O)O. The second-order valence-corrected chi connectivity index (χ2v) is 9.48. The highest BCUT2D eigenvalue weighted by molar-refractivity contribution is 5.89. The van der Waals surface area contributed by atoms with Crippen molar-refractivity contribution in [3.8, 4) is 11.1 Å². The van der Waals surface area contributed by atoms with E-state index >= 15 is 0 Å². The Balaban J connectivity index is 1.46. The van der Waals surface area contributed by atoms with Gasteiger partial charge in [0.05, 0.1) is 12.7 Å². The molecule has 10 heteroatoms. The Morgan fingerprint density at radius 2 is 1.45 bits per heavy atom. The van der Waals surface area contributed by atoms with Gasteiger partial charge in [-0.3, -0.25) is 4.79 Å². The maximum absolute atomic E-state index is 13.0. The molecule has 0 fully saturated rings. The van der Waals surface area contributed by atoms with Crippen LogP contribution in [0.1, 0.15) is 36.0 Å². The van der Waals surface area contributed by atoms with Gasteiger partial charge in [-0.25, -0.2) is 18.4 Å². The Morgan fingerprint density at radius 3 is 2.02 bits per heavy atom. The Hall–Kier alpha value is -4.31. The maximum atomic E-state index is 13.0. The Morgan fingerprint density at radius 1 is 0.875 bits per heavy atom. The number of halogens is 2. The number of alkyl carbamates (subject to hydrolysis) is 1. The molecule has 0 heterocycles. The van der Waals surface area contributed by atoms with E-state index in [1.165, 1.54) is 6.92 Å². The van der Waals surface area contributed by atoms with E-state index in [9.17, 15) is 28.3 Å². The number of alkyl halides is 2. The van der Waals surface area contributed by atoms with Crippen LogP contribution in [0.4, 0.5) is 13.6 Å². The normalized spacial score (nSPS) is 14.5. The zero-order valence-corrected chi connectivity index (χ0v) is 21.8. The highest BCUT2D eigenvalue weighted by Gasteiger charge is 2.34. The molecule has 1 aliphatic rings. The molecule has 0 spiro atoms. The summed E-state index contributed by atoms with van der Waals surface area (Å²) in [5.41, 5.74) is 4.90. The smallest absolute Gasteiger partial charge is 0.407 e. The minimum Gasteiger partial charge on any atom is -0.480 e. The van der Waals surface area contributed by atoms with Crippen LogP contribution in [-0.2, 0) is 25.7 Å². The van der Waals surface area contributed by atoms with Gasteiger partial charge in [-0.1, -0.05) is 78.9 Å². The molecule has 40 heavy (non-hydrogen) atoms. The molecule has 0 saturated carbocycles. The van der Waals surface area contributed by atoms with Crippen molar-refractivity contribution in [3.63, 3.8) is 0 Å². The summed E-state index contributed by atoms with van der Waals surface area (Å²) >= 11 is 0. The van der Waals surface area contributed by atoms with Gasteiger partial charge < -0.3 is 25.2 Å². The lowest BCUT2D eigenvalue weighted by Gasteiger charge is -2.26. The average molecular weight is 553 g/mol. The van der Waals surface area contributed by atoms with Crippen LogP contribution in [0.3, 0.4) is 0 Å². The Labute approximate surface area is 230 Å². The number of hydrogen-bond donors (Lipinski definition) is 3. The molecule has 3 aromatic rings. The molecular formula is C30H30F2N2O6. The molecule has 3 N–H and O–H groups in total. The van der Waals surface area contributed by atoms with Crippen LogP contribution < -0.4 is 10.6 Å². The standard InChI is InChI=1S/C30H30F2N2O6/c1-18(39-16-19-9-3-2-4-10-19)27(28(35)33-25(29(36)37)15-26(31)32)34-30(38)40-17-24-22-13-7-5-11-20(22)21-12-6-8-14-23(21)24/h2-14,18,24-27H,15-17H2,1H3,(H,33,35)(H,34,38)(H,36,37). The van der Waals surface area contributed by atoms with Crippen molar-refractivity contribution in [2.24, 2.45) is 0 Å². The molecule has 0 radical (unpaired) electrons. The molecule has 1 aliphatic carbocycles. The summed E-state index contributed by atoms with van der Waals surface area (Å²) in [5.74, 6) is -2.83. The van der Waals surface area contributed by atoms with Crippen molar-refractivity contribution in [2.45, 2.75) is 50.5 Å². The van der Waals surface area contributed by atoms with Gasteiger partial charge in [0, 0.05) is 12.3 Å². The van der Waals surface area contributed by atoms with Gasteiger partial charge in [0.15, 0.2) is 0 Å². The summed E-state index contributed by atoms with van der Waals surface area (Å²) in [7, 11) is 0. The number of nitrogens with one attached hydrogen (secondary N) is 2. The summed E-state index contributed by atoms with van der Waals surface area (Å²) in [5, 5.41) is 13.8. The van der Waals surface area contributed by atoms with Gasteiger partial charge in [-0.15, -0.1) is 0 Å². The molecule has 210 valence electrons. The van der Waals surface area contributed by atoms with Crippen LogP contribution in [0.15, 0.2) is 78.9 Å². The summed E-state index contributed by atoms with van der Waals surface area (Å²) in [4.78, 5) is 37.4. The molecule has 3 aromatic carbocycles. The first kappa shape index (κ1) is 28.7. The number of aliphatic carboxylic acids is 1. The van der Waals surface area contributed by atoms with Crippen LogP contribution in [-0.4, -0.2) is 54.3 Å². The predicted octanol–water partition coefficient (Wildman–Crippen LogP) is 4.72. The molecule has 3 atom stereocenters. The summed E-state index contributed by atoms with van der Waals surface area (Å²) in [6.45, 7) is 1.59. The van der Waals surface area contributed by atoms with Crippen LogP contribution in [0, 0.1) is 0 Å². The third kappa shape index (κ3) is 7.01. The minimum atomic E-state index is -2.96. The molecule has 0 bridgehead atoms. The van der Waals surface area contributed by atoms with E-state index in [2.05, 4.69) is 10.6 Å². The van der Waals surface area contributed by atoms with Crippen LogP contribution in [0.5, 0.6) is 0 Å². The molecule has 0 saturated heterocycles. The molecule has 3 unspecified atom stereocenters. The fourth-order valence-electron chi connectivity index (χ4n) is 4.72. The van der Waals surface area contributed by atoms with Crippen LogP contribution in [0.2, 0.25) is 0 Å². The van der Waals surface area contributed by atoms with Crippen molar-refractivity contribution in [3.05, 3.63) is 95.6 Å². The number of benzene rings is 3. The van der Waals surface area contributed by atoms with Crippen molar-refractivity contribution < 1.29 is 37.7 Å². The highest BCUT2D eigenvalue weighted by Crippen LogP contribution is 2.44. The number of amides is 2. The molecule has 2 amide bonds. The monoisotopic (exact) mass is 552 g/mol. The van der Waals surface area contributed by atoms with E-state index in [1.54, 1.807) is 0 Å². The fourth-order valence-corrected chi connectivity index (χ4v) is 4.72. The first-order chi connectivity index (χ1) is 19.2. The lowest BCUT2D eigenvalue weighted by atomic mass is 9.98. The van der Waals surface area contributed by atoms with E-state index in [4.69, 9.17) is 9.47 Å². The minimum absolute atomic E-state index is 0.0173. The summed E-state index contributed by atoms with van der Waals surface area (Å²) < 4.78 is 37.1. The van der Waals surface area contributed by atoms with E-state index in [0.717, 1.165) is 27.8 Å². The van der Waals surface area contributed by atoms with Gasteiger partial charge >= 0.3 is 12.1 Å². The Kier molecular flexibility index (Phi) is 9.44. The zero-order valence-electron chi connectivity index (χ0n) is 21.8. The van der Waals surface area contributed by atoms with E-state index < -0.39 is 49.0 Å². The van der Waals surface area contributed by atoms with E-state index in [0.29, 0.717) is 0 Å². The van der Waals surface area contributed by atoms with Crippen LogP contribution in [0.25, 0.3) is 11.1 Å². The molecule has 8 nitrogen and oxygen atoms in total. The number of ether oxygens (including phenoxy) is 2. The van der Waals surface area contributed by atoms with E-state index in [1.807, 2.05) is 78.9 Å². The number of carbonyl (C=O) groups is 3. The number of carbonyl (C=O) groups excluding carboxylic acids is 2. The van der Waals surface area contributed by atoms with Gasteiger partial charge in [-0.05, 0) is 34.7 Å². The van der Waals surface area contributed by atoms with Gasteiger partial charge in [0.25, 0.3) is 0 Å². The summed E-state index contributed by atoms with van der Waals surface area (Å²) in [6.07, 6.45) is -5.93. The van der Waals surface area contributed by atoms with Gasteiger partial charge in [-0.2, -0.15) is 0 Å². The second-order valence-electron chi connectivity index (χ2n) is 9.48. The summed E-state index contributed by atoms with van der Waals surface area (Å²) in [6, 6.07) is 21.4. The highest BCUT2D eigenvalue weighted by atomic mass is 19.3. The second kappa shape index (κ2) is 13.2. The molecular weight excluding hydrogens is 522 g/mol. The molecule has 0 aromatic heterocycles. The average Bonchev–Trinajstić information content (AvgIpc) is 3.27. The third-order valence-corrected chi connectivity index (χ3v) is 6.75. The molecule has 0 aliphatic heterocycles. The number of hydrogen-bond acceptors (Lipinski definition) is 5. The molecule has 4 rings (SSSR count). The fraction of sp³-hybridized carbons (Fsp3) is 0.300. The first-order valence-corrected chi connectivity index (χ1v) is 12.8. The predicted molar refractivity (Wildman–Crippen MR) is 143 cm³/mol. The lowest BCUT2D eigenvalue weighted by molar-refractivity contribution is -0.144. The van der Waals surface area contributed by atoms with Gasteiger partial charge in [0.1, 0.15) is 18.7 Å². The lowest BCUT2D eigenvalue weighted by Crippen LogP contribution is -2.56. The number of carboxylic acid groups (broad SMARTS) is 1. The van der Waals surface area contributed by atoms with E-state index in [-0.39, 0.29) is 19.1 Å². The largest absolute Gasteiger partial charge is 0.480 e. The van der Waals surface area contributed by atoms with Crippen molar-refractivity contribution in [1.29, 1.82) is 0 Å². The van der Waals surface area contributed by atoms with Crippen LogP contribution >= 0.6 is 0 Å². The number of carboxylic acids is 1. The quantitative estimate of drug-likeness (QED) is 0.300. The van der Waals surface area contributed by atoms with Gasteiger partial charge in [0.2, 0.25) is 12.3 Å². The number of fused-ring (bicyclic) bond motifs is 3. The topological polar surface area (TPSA) is 114 Å². The van der Waals surface area contributed by atoms with Crippen molar-refractivity contribution in [1.82, 2.24) is 10.6 Å². The third-order valence-electron chi connectivity index (χ3n) is 6.75. The number of rotatable bonds is 12. The maximum Gasteiger partial charge on any atom is 0.407 e. The van der Waals surface area contributed by atoms with Crippen molar-refractivity contribution >= 4 is 18.0 Å². The zero-order chi connectivity index (χ0) is 28.6. The van der Waals surface area contributed by atoms with Crippen molar-refractivity contribution in [2.75, 3.05) is 6.61 Å². The Bertz CT molecular complexity index is 1290.